The van der Waals surface area contributed by atoms with Gasteiger partial charge in [-0.15, -0.1) is 0 Å². The second-order valence-corrected chi connectivity index (χ2v) is 3.80. The fraction of sp³-hybridized carbons (Fsp3) is 0.143. The number of aliphatic hydroxyl groups excluding tert-OH is 1. The first-order valence-electron chi connectivity index (χ1n) is 5.32. The Labute approximate surface area is 95.6 Å². The lowest BCUT2D eigenvalue weighted by atomic mass is 10.1. The summed E-state index contributed by atoms with van der Waals surface area (Å²) < 4.78 is 0. The van der Waals surface area contributed by atoms with Crippen molar-refractivity contribution >= 4 is 11.4 Å². The molecule has 0 radical (unpaired) electrons. The number of aliphatic hydroxyl groups is 1. The first-order valence-corrected chi connectivity index (χ1v) is 5.32. The molecule has 0 aliphatic rings. The van der Waals surface area contributed by atoms with Crippen LogP contribution in [-0.4, -0.2) is 5.11 Å². The third-order valence-corrected chi connectivity index (χ3v) is 2.53. The van der Waals surface area contributed by atoms with Gasteiger partial charge in [0, 0.05) is 11.4 Å². The lowest BCUT2D eigenvalue weighted by Crippen LogP contribution is -1.93. The minimum absolute atomic E-state index is 0.0727. The van der Waals surface area contributed by atoms with Crippen LogP contribution in [0.5, 0.6) is 0 Å². The zero-order valence-corrected chi connectivity index (χ0v) is 9.27. The van der Waals surface area contributed by atoms with Gasteiger partial charge in [0.1, 0.15) is 0 Å². The number of nitrogens with one attached hydrogen (secondary N) is 1. The predicted octanol–water partition coefficient (Wildman–Crippen LogP) is 3.23. The molecule has 0 unspecified atom stereocenters. The van der Waals surface area contributed by atoms with Crippen LogP contribution < -0.4 is 5.32 Å². The van der Waals surface area contributed by atoms with Crippen molar-refractivity contribution in [3.8, 4) is 0 Å². The number of benzene rings is 2. The number of anilines is 2. The van der Waals surface area contributed by atoms with E-state index in [4.69, 9.17) is 5.11 Å². The molecule has 2 nitrogen and oxygen atoms in total. The Morgan fingerprint density at radius 1 is 1.06 bits per heavy atom. The van der Waals surface area contributed by atoms with E-state index in [1.807, 2.05) is 42.5 Å². The van der Waals surface area contributed by atoms with Crippen molar-refractivity contribution in [2.75, 3.05) is 5.32 Å². The van der Waals surface area contributed by atoms with Crippen LogP contribution >= 0.6 is 0 Å². The van der Waals surface area contributed by atoms with Crippen molar-refractivity contribution in [3.05, 3.63) is 59.7 Å². The summed E-state index contributed by atoms with van der Waals surface area (Å²) in [6.07, 6.45) is 0. The van der Waals surface area contributed by atoms with E-state index in [9.17, 15) is 0 Å². The van der Waals surface area contributed by atoms with Crippen LogP contribution in [0.1, 0.15) is 11.1 Å². The molecular formula is C14H15NO. The first-order chi connectivity index (χ1) is 7.79. The van der Waals surface area contributed by atoms with Crippen molar-refractivity contribution in [3.63, 3.8) is 0 Å². The van der Waals surface area contributed by atoms with Crippen molar-refractivity contribution < 1.29 is 5.11 Å². The maximum Gasteiger partial charge on any atom is 0.0682 e. The van der Waals surface area contributed by atoms with E-state index < -0.39 is 0 Å². The predicted molar refractivity (Wildman–Crippen MR) is 66.8 cm³/mol. The molecule has 2 rings (SSSR count). The summed E-state index contributed by atoms with van der Waals surface area (Å²) in [5.41, 5.74) is 4.22. The van der Waals surface area contributed by atoms with Gasteiger partial charge in [0.15, 0.2) is 0 Å². The summed E-state index contributed by atoms with van der Waals surface area (Å²) in [5, 5.41) is 12.4. The molecule has 82 valence electrons. The summed E-state index contributed by atoms with van der Waals surface area (Å²) in [4.78, 5) is 0. The summed E-state index contributed by atoms with van der Waals surface area (Å²) in [6, 6.07) is 15.9. The van der Waals surface area contributed by atoms with Gasteiger partial charge in [-0.1, -0.05) is 30.3 Å². The van der Waals surface area contributed by atoms with E-state index in [1.54, 1.807) is 0 Å². The second-order valence-electron chi connectivity index (χ2n) is 3.80. The fourth-order valence-corrected chi connectivity index (χ4v) is 1.62. The van der Waals surface area contributed by atoms with E-state index in [1.165, 1.54) is 5.56 Å². The Bertz CT molecular complexity index is 480. The smallest absolute Gasteiger partial charge is 0.0682 e. The topological polar surface area (TPSA) is 32.3 Å². The minimum Gasteiger partial charge on any atom is -0.392 e. The Morgan fingerprint density at radius 2 is 1.88 bits per heavy atom. The summed E-state index contributed by atoms with van der Waals surface area (Å²) in [7, 11) is 0. The first kappa shape index (κ1) is 10.7. The number of para-hydroxylation sites is 1. The Kier molecular flexibility index (Phi) is 3.22. The molecule has 0 bridgehead atoms. The number of rotatable bonds is 3. The fourth-order valence-electron chi connectivity index (χ4n) is 1.62. The normalized spacial score (nSPS) is 10.1. The molecule has 0 saturated heterocycles. The van der Waals surface area contributed by atoms with Gasteiger partial charge in [0.05, 0.1) is 6.61 Å². The summed E-state index contributed by atoms with van der Waals surface area (Å²) in [5.74, 6) is 0. The van der Waals surface area contributed by atoms with Crippen molar-refractivity contribution in [1.82, 2.24) is 0 Å². The highest BCUT2D eigenvalue weighted by molar-refractivity contribution is 5.63. The van der Waals surface area contributed by atoms with Gasteiger partial charge < -0.3 is 10.4 Å². The maximum atomic E-state index is 9.05. The van der Waals surface area contributed by atoms with Crippen LogP contribution in [0.15, 0.2) is 48.5 Å². The van der Waals surface area contributed by atoms with Gasteiger partial charge in [-0.05, 0) is 36.2 Å². The van der Waals surface area contributed by atoms with E-state index in [-0.39, 0.29) is 6.61 Å². The Hall–Kier alpha value is -1.80. The highest BCUT2D eigenvalue weighted by Crippen LogP contribution is 2.20. The average molecular weight is 213 g/mol. The molecule has 2 aromatic rings. The van der Waals surface area contributed by atoms with Crippen LogP contribution in [0.25, 0.3) is 0 Å². The maximum absolute atomic E-state index is 9.05. The van der Waals surface area contributed by atoms with Crippen LogP contribution in [0, 0.1) is 6.92 Å². The van der Waals surface area contributed by atoms with Crippen molar-refractivity contribution in [2.24, 2.45) is 0 Å². The summed E-state index contributed by atoms with van der Waals surface area (Å²) >= 11 is 0. The molecule has 0 amide bonds. The quantitative estimate of drug-likeness (QED) is 0.820. The van der Waals surface area contributed by atoms with Crippen molar-refractivity contribution in [2.45, 2.75) is 13.5 Å². The number of hydrogen-bond donors (Lipinski definition) is 2. The largest absolute Gasteiger partial charge is 0.392 e. The van der Waals surface area contributed by atoms with Crippen molar-refractivity contribution in [1.29, 1.82) is 0 Å². The average Bonchev–Trinajstić information content (AvgIpc) is 2.32. The highest BCUT2D eigenvalue weighted by atomic mass is 16.3. The van der Waals surface area contributed by atoms with Gasteiger partial charge >= 0.3 is 0 Å². The summed E-state index contributed by atoms with van der Waals surface area (Å²) in [6.45, 7) is 2.14. The molecule has 0 fully saturated rings. The molecule has 0 atom stereocenters. The molecule has 0 spiro atoms. The van der Waals surface area contributed by atoms with Gasteiger partial charge in [0.25, 0.3) is 0 Å². The third kappa shape index (κ3) is 2.41. The minimum atomic E-state index is 0.0727. The molecule has 0 aromatic heterocycles. The molecule has 2 aromatic carbocycles. The monoisotopic (exact) mass is 213 g/mol. The lowest BCUT2D eigenvalue weighted by Gasteiger charge is -2.09. The van der Waals surface area contributed by atoms with E-state index in [0.29, 0.717) is 0 Å². The SMILES string of the molecule is Cc1ccccc1Nc1cccc(CO)c1. The number of aryl methyl sites for hydroxylation is 1. The lowest BCUT2D eigenvalue weighted by molar-refractivity contribution is 0.282. The van der Waals surface area contributed by atoms with Crippen LogP contribution in [0.3, 0.4) is 0 Å². The molecule has 0 saturated carbocycles. The zero-order chi connectivity index (χ0) is 11.4. The Morgan fingerprint density at radius 3 is 2.62 bits per heavy atom. The molecular weight excluding hydrogens is 198 g/mol. The molecule has 2 heteroatoms. The molecule has 16 heavy (non-hydrogen) atoms. The Balaban J connectivity index is 2.24. The standard InChI is InChI=1S/C14H15NO/c1-11-5-2-3-8-14(11)15-13-7-4-6-12(9-13)10-16/h2-9,15-16H,10H2,1H3. The third-order valence-electron chi connectivity index (χ3n) is 2.53. The zero-order valence-electron chi connectivity index (χ0n) is 9.27. The number of hydrogen-bond acceptors (Lipinski definition) is 2. The van der Waals surface area contributed by atoms with Gasteiger partial charge in [0.2, 0.25) is 0 Å². The molecule has 0 heterocycles. The molecule has 2 N–H and O–H groups in total. The second kappa shape index (κ2) is 4.81. The van der Waals surface area contributed by atoms with Crippen LogP contribution in [-0.2, 0) is 6.61 Å². The van der Waals surface area contributed by atoms with Gasteiger partial charge in [-0.25, -0.2) is 0 Å². The van der Waals surface area contributed by atoms with Gasteiger partial charge in [-0.2, -0.15) is 0 Å². The van der Waals surface area contributed by atoms with Gasteiger partial charge in [-0.3, -0.25) is 0 Å². The molecule has 0 aliphatic heterocycles. The van der Waals surface area contributed by atoms with E-state index in [0.717, 1.165) is 16.9 Å². The highest BCUT2D eigenvalue weighted by Gasteiger charge is 1.98. The van der Waals surface area contributed by atoms with E-state index in [2.05, 4.69) is 18.3 Å². The van der Waals surface area contributed by atoms with Crippen LogP contribution in [0.4, 0.5) is 11.4 Å². The van der Waals surface area contributed by atoms with E-state index >= 15 is 0 Å². The molecule has 0 aliphatic carbocycles. The van der Waals surface area contributed by atoms with Crippen LogP contribution in [0.2, 0.25) is 0 Å².